The van der Waals surface area contributed by atoms with E-state index in [9.17, 15) is 19.5 Å². The molecule has 1 atom stereocenters. The van der Waals surface area contributed by atoms with E-state index in [0.717, 1.165) is 92.6 Å². The van der Waals surface area contributed by atoms with E-state index in [1.54, 1.807) is 35.6 Å². The summed E-state index contributed by atoms with van der Waals surface area (Å²) >= 11 is 5.11. The minimum atomic E-state index is -0.669. The summed E-state index contributed by atoms with van der Waals surface area (Å²) in [6.07, 6.45) is 2.37. The maximum atomic E-state index is 13.2. The van der Waals surface area contributed by atoms with Gasteiger partial charge < -0.3 is 24.2 Å². The van der Waals surface area contributed by atoms with E-state index in [4.69, 9.17) is 19.2 Å². The maximum absolute atomic E-state index is 13.2. The number of phenols is 1. The lowest BCUT2D eigenvalue weighted by Crippen LogP contribution is -2.52. The van der Waals surface area contributed by atoms with Crippen molar-refractivity contribution in [3.8, 4) is 39.2 Å². The number of phenolic OH excluding ortho intramolecular Hbond substituents is 1. The molecule has 6 aromatic rings. The molecular weight excluding hydrogens is 847 g/mol. The number of benzene rings is 4. The van der Waals surface area contributed by atoms with Crippen molar-refractivity contribution in [3.63, 3.8) is 0 Å². The van der Waals surface area contributed by atoms with Gasteiger partial charge in [-0.2, -0.15) is 0 Å². The average molecular weight is 889 g/mol. The first-order valence-electron chi connectivity index (χ1n) is 19.9. The minimum Gasteiger partial charge on any atom is -0.508 e. The Labute approximate surface area is 359 Å². The Kier molecular flexibility index (Phi) is 11.5. The number of fused-ring (bicyclic) bond motifs is 2. The molecule has 2 aromatic heterocycles. The normalized spacial score (nSPS) is 17.2. The van der Waals surface area contributed by atoms with Crippen LogP contribution in [0, 0.1) is 0 Å². The maximum Gasteiger partial charge on any atom is 0.255 e. The standard InChI is InChI=1S/C46H42BrN5O7S/c47-31-7-5-30(6-8-31)44-43(37-15-10-33(53)24-41(37)60-44)59-35-13-11-34(12-14-35)57-23-22-50-18-20-51(21-19-50)26-32-9-4-29(25-48-32)28-58-40-3-1-2-36-38(40)27-52(46(36)56)39-16-17-42(54)49-45(39)55/h1-15,24-25,39,53H,16-23,26-28H2,(H,49,54,55)/t39-/m0/s1. The number of thiophene rings is 1. The third-order valence-electron chi connectivity index (χ3n) is 11.1. The van der Waals surface area contributed by atoms with Crippen LogP contribution in [0.25, 0.3) is 20.5 Å². The van der Waals surface area contributed by atoms with E-state index in [1.165, 1.54) is 4.90 Å². The average Bonchev–Trinajstić information content (AvgIpc) is 3.78. The molecule has 306 valence electrons. The van der Waals surface area contributed by atoms with Crippen molar-refractivity contribution in [2.75, 3.05) is 39.3 Å². The first kappa shape index (κ1) is 39.6. The van der Waals surface area contributed by atoms with E-state index >= 15 is 0 Å². The van der Waals surface area contributed by atoms with Crippen molar-refractivity contribution in [2.24, 2.45) is 0 Å². The van der Waals surface area contributed by atoms with Crippen molar-refractivity contribution >= 4 is 55.1 Å². The monoisotopic (exact) mass is 887 g/mol. The zero-order chi connectivity index (χ0) is 41.2. The summed E-state index contributed by atoms with van der Waals surface area (Å²) in [5.41, 5.74) is 4.22. The Morgan fingerprint density at radius 1 is 0.867 bits per heavy atom. The van der Waals surface area contributed by atoms with Crippen molar-refractivity contribution in [3.05, 3.63) is 130 Å². The lowest BCUT2D eigenvalue weighted by molar-refractivity contribution is -0.136. The van der Waals surface area contributed by atoms with Gasteiger partial charge in [0.05, 0.1) is 17.1 Å². The van der Waals surface area contributed by atoms with Crippen molar-refractivity contribution < 1.29 is 33.7 Å². The molecule has 3 aliphatic rings. The molecule has 3 aliphatic heterocycles. The molecule has 0 aliphatic carbocycles. The fraction of sp³-hybridized carbons (Fsp3) is 0.261. The van der Waals surface area contributed by atoms with Crippen LogP contribution in [-0.2, 0) is 29.3 Å². The number of carbonyl (C=O) groups is 3. The van der Waals surface area contributed by atoms with E-state index in [2.05, 4.69) is 43.2 Å². The van der Waals surface area contributed by atoms with E-state index in [1.807, 2.05) is 66.9 Å². The molecule has 2 saturated heterocycles. The molecule has 12 nitrogen and oxygen atoms in total. The second-order valence-corrected chi connectivity index (χ2v) is 17.1. The molecule has 2 N–H and O–H groups in total. The molecule has 0 bridgehead atoms. The largest absolute Gasteiger partial charge is 0.508 e. The van der Waals surface area contributed by atoms with Crippen molar-refractivity contribution in [1.82, 2.24) is 25.0 Å². The van der Waals surface area contributed by atoms with Crippen LogP contribution in [0.3, 0.4) is 0 Å². The molecule has 0 spiro atoms. The molecule has 3 amide bonds. The van der Waals surface area contributed by atoms with Gasteiger partial charge in [-0.25, -0.2) is 0 Å². The Balaban J connectivity index is 0.716. The Morgan fingerprint density at radius 3 is 2.42 bits per heavy atom. The number of piperidine rings is 1. The van der Waals surface area contributed by atoms with Crippen LogP contribution in [0.5, 0.6) is 28.7 Å². The minimum absolute atomic E-state index is 0.212. The van der Waals surface area contributed by atoms with Gasteiger partial charge in [0.15, 0.2) is 5.75 Å². The van der Waals surface area contributed by atoms with E-state index < -0.39 is 11.9 Å². The number of imide groups is 1. The summed E-state index contributed by atoms with van der Waals surface area (Å²) in [6, 6.07) is 30.0. The van der Waals surface area contributed by atoms with E-state index in [0.29, 0.717) is 36.7 Å². The van der Waals surface area contributed by atoms with Crippen molar-refractivity contribution in [2.45, 2.75) is 38.6 Å². The summed E-state index contributed by atoms with van der Waals surface area (Å²) in [6.45, 7) is 6.49. The van der Waals surface area contributed by atoms with Crippen LogP contribution in [0.1, 0.15) is 40.0 Å². The van der Waals surface area contributed by atoms with Crippen LogP contribution in [0.2, 0.25) is 0 Å². The number of carbonyl (C=O) groups excluding carboxylic acids is 3. The predicted octanol–water partition coefficient (Wildman–Crippen LogP) is 7.76. The number of pyridine rings is 1. The number of nitrogens with one attached hydrogen (secondary N) is 1. The van der Waals surface area contributed by atoms with Crippen LogP contribution in [0.15, 0.2) is 108 Å². The summed E-state index contributed by atoms with van der Waals surface area (Å²) in [7, 11) is 0. The number of hydrogen-bond acceptors (Lipinski definition) is 11. The second-order valence-electron chi connectivity index (χ2n) is 15.1. The van der Waals surface area contributed by atoms with Crippen LogP contribution < -0.4 is 19.5 Å². The molecule has 60 heavy (non-hydrogen) atoms. The molecule has 0 saturated carbocycles. The Hall–Kier alpha value is -5.80. The highest BCUT2D eigenvalue weighted by Crippen LogP contribution is 2.47. The highest BCUT2D eigenvalue weighted by Gasteiger charge is 2.40. The zero-order valence-corrected chi connectivity index (χ0v) is 35.0. The van der Waals surface area contributed by atoms with Gasteiger partial charge in [0.1, 0.15) is 42.3 Å². The molecular formula is C46H42BrN5O7S. The number of aromatic hydroxyl groups is 1. The molecule has 9 rings (SSSR count). The number of aromatic nitrogens is 1. The lowest BCUT2D eigenvalue weighted by atomic mass is 10.0. The number of rotatable bonds is 13. The van der Waals surface area contributed by atoms with Crippen LogP contribution in [-0.4, -0.2) is 87.9 Å². The van der Waals surface area contributed by atoms with Gasteiger partial charge in [-0.15, -0.1) is 11.3 Å². The highest BCUT2D eigenvalue weighted by atomic mass is 79.9. The van der Waals surface area contributed by atoms with Gasteiger partial charge in [-0.1, -0.05) is 40.2 Å². The number of halogens is 1. The van der Waals surface area contributed by atoms with Gasteiger partial charge in [-0.3, -0.25) is 34.5 Å². The molecule has 0 radical (unpaired) electrons. The van der Waals surface area contributed by atoms with Gasteiger partial charge in [0.25, 0.3) is 5.91 Å². The first-order chi connectivity index (χ1) is 29.2. The molecule has 2 fully saturated rings. The van der Waals surface area contributed by atoms with Gasteiger partial charge in [-0.05, 0) is 84.8 Å². The van der Waals surface area contributed by atoms with Crippen LogP contribution in [0.4, 0.5) is 0 Å². The lowest BCUT2D eigenvalue weighted by Gasteiger charge is -2.34. The summed E-state index contributed by atoms with van der Waals surface area (Å²) < 4.78 is 20.7. The molecule has 5 heterocycles. The van der Waals surface area contributed by atoms with Gasteiger partial charge in [0, 0.05) is 83.1 Å². The number of piperazine rings is 1. The third kappa shape index (κ3) is 8.73. The number of hydrogen-bond donors (Lipinski definition) is 2. The number of amides is 3. The summed E-state index contributed by atoms with van der Waals surface area (Å²) in [5, 5.41) is 13.4. The Morgan fingerprint density at radius 2 is 1.65 bits per heavy atom. The van der Waals surface area contributed by atoms with Gasteiger partial charge >= 0.3 is 0 Å². The fourth-order valence-electron chi connectivity index (χ4n) is 7.86. The molecule has 0 unspecified atom stereocenters. The smallest absolute Gasteiger partial charge is 0.255 e. The third-order valence-corrected chi connectivity index (χ3v) is 12.8. The summed E-state index contributed by atoms with van der Waals surface area (Å²) in [4.78, 5) is 49.3. The Bertz CT molecular complexity index is 2540. The van der Waals surface area contributed by atoms with E-state index in [-0.39, 0.29) is 30.5 Å². The SMILES string of the molecule is O=C1CC[C@H](N2Cc3c(OCc4ccc(CN5CCN(CCOc6ccc(Oc7c(-c8ccc(Br)cc8)sc8cc(O)ccc78)cc6)CC5)nc4)cccc3C2=O)C(=O)N1. The predicted molar refractivity (Wildman–Crippen MR) is 231 cm³/mol. The first-order valence-corrected chi connectivity index (χ1v) is 21.5. The number of ether oxygens (including phenoxy) is 3. The van der Waals surface area contributed by atoms with Crippen LogP contribution >= 0.6 is 27.3 Å². The summed E-state index contributed by atoms with van der Waals surface area (Å²) in [5.74, 6) is 2.12. The van der Waals surface area contributed by atoms with Gasteiger partial charge in [0.2, 0.25) is 11.8 Å². The highest BCUT2D eigenvalue weighted by molar-refractivity contribution is 9.10. The fourth-order valence-corrected chi connectivity index (χ4v) is 9.29. The quantitative estimate of drug-likeness (QED) is 0.111. The zero-order valence-electron chi connectivity index (χ0n) is 32.6. The second kappa shape index (κ2) is 17.4. The molecule has 14 heteroatoms. The van der Waals surface area contributed by atoms with Crippen molar-refractivity contribution in [1.29, 1.82) is 0 Å². The molecule has 4 aromatic carbocycles. The number of nitrogens with zero attached hydrogens (tertiary/aromatic N) is 4. The topological polar surface area (TPSA) is 134 Å².